The summed E-state index contributed by atoms with van der Waals surface area (Å²) in [5, 5.41) is 0. The zero-order chi connectivity index (χ0) is 11.4. The number of hydrogen-bond donors (Lipinski definition) is 0. The molecule has 0 fully saturated rings. The minimum absolute atomic E-state index is 0.801. The fourth-order valence-corrected chi connectivity index (χ4v) is 1.38. The number of hydrogen-bond acceptors (Lipinski definition) is 2. The molecule has 2 aromatic carbocycles. The molecule has 0 saturated carbocycles. The van der Waals surface area contributed by atoms with Crippen LogP contribution in [0.3, 0.4) is 0 Å². The van der Waals surface area contributed by atoms with E-state index in [1.165, 1.54) is 0 Å². The first-order chi connectivity index (χ1) is 7.79. The van der Waals surface area contributed by atoms with Gasteiger partial charge in [0.15, 0.2) is 0 Å². The van der Waals surface area contributed by atoms with Crippen LogP contribution < -0.4 is 9.47 Å². The van der Waals surface area contributed by atoms with E-state index >= 15 is 0 Å². The molecule has 2 nitrogen and oxygen atoms in total. The third-order valence-electron chi connectivity index (χ3n) is 2.31. The van der Waals surface area contributed by atoms with E-state index in [4.69, 9.17) is 9.47 Å². The molecule has 0 aliphatic rings. The van der Waals surface area contributed by atoms with Crippen LogP contribution in [0.4, 0.5) is 0 Å². The third-order valence-corrected chi connectivity index (χ3v) is 2.31. The van der Waals surface area contributed by atoms with Crippen molar-refractivity contribution < 1.29 is 9.47 Å². The van der Waals surface area contributed by atoms with Crippen molar-refractivity contribution in [2.45, 2.75) is 6.92 Å². The van der Waals surface area contributed by atoms with Crippen LogP contribution in [0.1, 0.15) is 5.56 Å². The Labute approximate surface area is 95.4 Å². The van der Waals surface area contributed by atoms with E-state index in [2.05, 4.69) is 6.07 Å². The van der Waals surface area contributed by atoms with Crippen LogP contribution in [-0.4, -0.2) is 7.11 Å². The molecule has 0 saturated heterocycles. The van der Waals surface area contributed by atoms with E-state index in [9.17, 15) is 0 Å². The van der Waals surface area contributed by atoms with Crippen molar-refractivity contribution in [3.63, 3.8) is 0 Å². The first-order valence-corrected chi connectivity index (χ1v) is 5.08. The Balaban J connectivity index is 2.18. The molecule has 1 radical (unpaired) electrons. The molecule has 0 unspecified atom stereocenters. The average Bonchev–Trinajstić information content (AvgIpc) is 2.33. The van der Waals surface area contributed by atoms with Crippen LogP contribution in [0, 0.1) is 13.0 Å². The lowest BCUT2D eigenvalue weighted by Gasteiger charge is -2.08. The van der Waals surface area contributed by atoms with Crippen molar-refractivity contribution >= 4 is 0 Å². The van der Waals surface area contributed by atoms with E-state index in [-0.39, 0.29) is 0 Å². The Hall–Kier alpha value is -1.96. The minimum Gasteiger partial charge on any atom is -0.497 e. The molecule has 2 heteroatoms. The van der Waals surface area contributed by atoms with Gasteiger partial charge in [-0.2, -0.15) is 0 Å². The summed E-state index contributed by atoms with van der Waals surface area (Å²) in [6.07, 6.45) is 0. The Morgan fingerprint density at radius 1 is 1.00 bits per heavy atom. The SMILES string of the molecule is COc1ccc(Oc2cc[c]cc2C)cc1. The van der Waals surface area contributed by atoms with E-state index in [0.717, 1.165) is 22.8 Å². The molecule has 16 heavy (non-hydrogen) atoms. The molecule has 0 atom stereocenters. The standard InChI is InChI=1S/C14H13O2/c1-11-5-3-4-6-14(11)16-13-9-7-12(15-2)8-10-13/h4-10H,1-2H3. The summed E-state index contributed by atoms with van der Waals surface area (Å²) in [6, 6.07) is 16.2. The highest BCUT2D eigenvalue weighted by Crippen LogP contribution is 2.25. The predicted molar refractivity (Wildman–Crippen MR) is 63.1 cm³/mol. The van der Waals surface area contributed by atoms with Gasteiger partial charge in [0.05, 0.1) is 7.11 Å². The van der Waals surface area contributed by atoms with Gasteiger partial charge in [-0.05, 0) is 55.0 Å². The molecule has 0 amide bonds. The quantitative estimate of drug-likeness (QED) is 0.775. The Morgan fingerprint density at radius 2 is 1.69 bits per heavy atom. The fourth-order valence-electron chi connectivity index (χ4n) is 1.38. The van der Waals surface area contributed by atoms with Gasteiger partial charge in [0, 0.05) is 0 Å². The van der Waals surface area contributed by atoms with E-state index in [1.54, 1.807) is 7.11 Å². The van der Waals surface area contributed by atoms with Crippen LogP contribution in [0.2, 0.25) is 0 Å². The minimum atomic E-state index is 0.801. The highest BCUT2D eigenvalue weighted by molar-refractivity contribution is 5.38. The second-order valence-electron chi connectivity index (χ2n) is 3.47. The lowest BCUT2D eigenvalue weighted by atomic mass is 10.2. The van der Waals surface area contributed by atoms with Gasteiger partial charge in [-0.25, -0.2) is 0 Å². The van der Waals surface area contributed by atoms with Gasteiger partial charge < -0.3 is 9.47 Å². The lowest BCUT2D eigenvalue weighted by molar-refractivity contribution is 0.412. The zero-order valence-corrected chi connectivity index (χ0v) is 9.36. The van der Waals surface area contributed by atoms with Gasteiger partial charge in [0.2, 0.25) is 0 Å². The largest absolute Gasteiger partial charge is 0.497 e. The molecule has 0 spiro atoms. The van der Waals surface area contributed by atoms with Crippen molar-refractivity contribution in [3.8, 4) is 17.2 Å². The number of methoxy groups -OCH3 is 1. The molecule has 0 aromatic heterocycles. The summed E-state index contributed by atoms with van der Waals surface area (Å²) in [5.74, 6) is 2.48. The molecule has 0 bridgehead atoms. The van der Waals surface area contributed by atoms with E-state index in [1.807, 2.05) is 49.4 Å². The highest BCUT2D eigenvalue weighted by atomic mass is 16.5. The van der Waals surface area contributed by atoms with Gasteiger partial charge in [-0.1, -0.05) is 6.07 Å². The van der Waals surface area contributed by atoms with Gasteiger partial charge in [-0.15, -0.1) is 0 Å². The first-order valence-electron chi connectivity index (χ1n) is 5.08. The molecule has 0 heterocycles. The third kappa shape index (κ3) is 2.34. The lowest BCUT2D eigenvalue weighted by Crippen LogP contribution is -1.87. The number of rotatable bonds is 3. The summed E-state index contributed by atoms with van der Waals surface area (Å²) in [4.78, 5) is 0. The molecular weight excluding hydrogens is 200 g/mol. The molecular formula is C14H13O2. The van der Waals surface area contributed by atoms with Crippen molar-refractivity contribution in [1.29, 1.82) is 0 Å². The van der Waals surface area contributed by atoms with E-state index < -0.39 is 0 Å². The van der Waals surface area contributed by atoms with E-state index in [0.29, 0.717) is 0 Å². The maximum Gasteiger partial charge on any atom is 0.130 e. The predicted octanol–water partition coefficient (Wildman–Crippen LogP) is 3.60. The molecule has 0 aliphatic carbocycles. The monoisotopic (exact) mass is 213 g/mol. The summed E-state index contributed by atoms with van der Waals surface area (Å²) < 4.78 is 10.8. The topological polar surface area (TPSA) is 18.5 Å². The van der Waals surface area contributed by atoms with Gasteiger partial charge in [0.25, 0.3) is 0 Å². The van der Waals surface area contributed by atoms with Crippen molar-refractivity contribution in [2.24, 2.45) is 0 Å². The first kappa shape index (κ1) is 10.6. The van der Waals surface area contributed by atoms with Gasteiger partial charge in [0.1, 0.15) is 17.2 Å². The van der Waals surface area contributed by atoms with Gasteiger partial charge in [-0.3, -0.25) is 0 Å². The van der Waals surface area contributed by atoms with Crippen molar-refractivity contribution in [1.82, 2.24) is 0 Å². The molecule has 2 rings (SSSR count). The maximum absolute atomic E-state index is 5.73. The summed E-state index contributed by atoms with van der Waals surface area (Å²) >= 11 is 0. The van der Waals surface area contributed by atoms with Crippen LogP contribution in [0.25, 0.3) is 0 Å². The molecule has 0 N–H and O–H groups in total. The van der Waals surface area contributed by atoms with Crippen LogP contribution in [0.15, 0.2) is 42.5 Å². The van der Waals surface area contributed by atoms with Crippen molar-refractivity contribution in [3.05, 3.63) is 54.1 Å². The summed E-state index contributed by atoms with van der Waals surface area (Å²) in [6.45, 7) is 2.00. The number of aryl methyl sites for hydroxylation is 1. The smallest absolute Gasteiger partial charge is 0.130 e. The average molecular weight is 213 g/mol. The zero-order valence-electron chi connectivity index (χ0n) is 9.36. The van der Waals surface area contributed by atoms with Crippen LogP contribution in [0.5, 0.6) is 17.2 Å². The fraction of sp³-hybridized carbons (Fsp3) is 0.143. The van der Waals surface area contributed by atoms with Crippen molar-refractivity contribution in [2.75, 3.05) is 7.11 Å². The Bertz CT molecular complexity index is 460. The number of ether oxygens (including phenoxy) is 2. The van der Waals surface area contributed by atoms with Crippen LogP contribution >= 0.6 is 0 Å². The Morgan fingerprint density at radius 3 is 2.31 bits per heavy atom. The second kappa shape index (κ2) is 4.71. The molecule has 0 aliphatic heterocycles. The summed E-state index contributed by atoms with van der Waals surface area (Å²) in [7, 11) is 1.65. The normalized spacial score (nSPS) is 9.88. The highest BCUT2D eigenvalue weighted by Gasteiger charge is 2.00. The van der Waals surface area contributed by atoms with Gasteiger partial charge >= 0.3 is 0 Å². The van der Waals surface area contributed by atoms with Crippen LogP contribution in [-0.2, 0) is 0 Å². The molecule has 2 aromatic rings. The number of benzene rings is 2. The second-order valence-corrected chi connectivity index (χ2v) is 3.47. The summed E-state index contributed by atoms with van der Waals surface area (Å²) in [5.41, 5.74) is 1.07. The maximum atomic E-state index is 5.73. The Kier molecular flexibility index (Phi) is 3.10. The molecule has 81 valence electrons.